The predicted octanol–water partition coefficient (Wildman–Crippen LogP) is 3.36. The molecule has 0 saturated carbocycles. The molecule has 0 spiro atoms. The molecule has 2 aliphatic rings. The number of nitriles is 1. The lowest BCUT2D eigenvalue weighted by Crippen LogP contribution is -2.48. The molecule has 1 aromatic heterocycles. The lowest BCUT2D eigenvalue weighted by atomic mass is 9.89. The number of Topliss-reactive ketones (excluding diaryl/α,β-unsaturated/α-hetero) is 1. The van der Waals surface area contributed by atoms with E-state index in [2.05, 4.69) is 11.1 Å². The average Bonchev–Trinajstić information content (AvgIpc) is 3.18. The van der Waals surface area contributed by atoms with E-state index in [1.807, 2.05) is 36.9 Å². The lowest BCUT2D eigenvalue weighted by molar-refractivity contribution is 0.0603. The van der Waals surface area contributed by atoms with Crippen molar-refractivity contribution in [3.05, 3.63) is 45.8 Å². The van der Waals surface area contributed by atoms with E-state index in [9.17, 15) is 15.2 Å². The van der Waals surface area contributed by atoms with Crippen LogP contribution in [-0.2, 0) is 6.42 Å². The number of aliphatic imine (C=N–C) groups is 1. The maximum absolute atomic E-state index is 12.9. The smallest absolute Gasteiger partial charge is 0.205 e. The third-order valence-electron chi connectivity index (χ3n) is 4.98. The van der Waals surface area contributed by atoms with Crippen molar-refractivity contribution in [3.8, 4) is 6.07 Å². The molecule has 1 aromatic carbocycles. The van der Waals surface area contributed by atoms with Gasteiger partial charge in [-0.05, 0) is 37.1 Å². The van der Waals surface area contributed by atoms with Crippen LogP contribution in [0.2, 0.25) is 0 Å². The van der Waals surface area contributed by atoms with Crippen molar-refractivity contribution in [2.75, 3.05) is 11.4 Å². The van der Waals surface area contributed by atoms with Crippen LogP contribution in [0.5, 0.6) is 0 Å². The first-order chi connectivity index (χ1) is 12.0. The van der Waals surface area contributed by atoms with E-state index in [1.165, 1.54) is 11.3 Å². The number of ketones is 1. The monoisotopic (exact) mass is 351 g/mol. The van der Waals surface area contributed by atoms with Gasteiger partial charge in [0.25, 0.3) is 0 Å². The molecule has 0 bridgehead atoms. The highest BCUT2D eigenvalue weighted by molar-refractivity contribution is 7.16. The Labute approximate surface area is 149 Å². The van der Waals surface area contributed by atoms with Crippen LogP contribution < -0.4 is 4.90 Å². The van der Waals surface area contributed by atoms with Gasteiger partial charge in [-0.2, -0.15) is 5.26 Å². The van der Waals surface area contributed by atoms with Gasteiger partial charge in [-0.25, -0.2) is 4.99 Å². The predicted molar refractivity (Wildman–Crippen MR) is 97.9 cm³/mol. The summed E-state index contributed by atoms with van der Waals surface area (Å²) in [5.41, 5.74) is 1.18. The van der Waals surface area contributed by atoms with Crippen LogP contribution in [0.25, 0.3) is 0 Å². The van der Waals surface area contributed by atoms with E-state index in [1.54, 1.807) is 6.07 Å². The van der Waals surface area contributed by atoms with Crippen LogP contribution in [0.3, 0.4) is 0 Å². The van der Waals surface area contributed by atoms with Crippen molar-refractivity contribution < 1.29 is 9.90 Å². The van der Waals surface area contributed by atoms with Crippen molar-refractivity contribution in [2.24, 2.45) is 4.99 Å². The Kier molecular flexibility index (Phi) is 3.53. The number of aryl methyl sites for hydroxylation is 1. The number of benzene rings is 1. The number of carbonyl (C=O) groups is 1. The normalized spacial score (nSPS) is 21.6. The average molecular weight is 351 g/mol. The molecule has 5 nitrogen and oxygen atoms in total. The standard InChI is InChI=1S/C19H17N3O2S/c1-3-13-9-14-16(23)19(24)7-8-22(18(19)21-17(14)25-13)15-6-4-5-12(10-20)11(15)2/h4-6,9,24H,3,7-8H2,1-2H3/t19-/m1/s1. The number of carbonyl (C=O) groups excluding carboxylic acids is 1. The van der Waals surface area contributed by atoms with Gasteiger partial charge in [-0.3, -0.25) is 4.79 Å². The number of fused-ring (bicyclic) bond motifs is 2. The molecule has 2 aromatic rings. The molecule has 1 saturated heterocycles. The van der Waals surface area contributed by atoms with Crippen molar-refractivity contribution >= 4 is 33.6 Å². The molecule has 0 aliphatic carbocycles. The molecule has 1 N–H and O–H groups in total. The minimum absolute atomic E-state index is 0.264. The Morgan fingerprint density at radius 2 is 2.28 bits per heavy atom. The van der Waals surface area contributed by atoms with Gasteiger partial charge in [-0.15, -0.1) is 11.3 Å². The molecule has 126 valence electrons. The number of hydrogen-bond donors (Lipinski definition) is 1. The Hall–Kier alpha value is -2.49. The fourth-order valence-electron chi connectivity index (χ4n) is 3.52. The highest BCUT2D eigenvalue weighted by Gasteiger charge is 2.53. The second kappa shape index (κ2) is 5.51. The highest BCUT2D eigenvalue weighted by Crippen LogP contribution is 2.43. The maximum atomic E-state index is 12.9. The Bertz CT molecular complexity index is 970. The minimum Gasteiger partial charge on any atom is -0.374 e. The lowest BCUT2D eigenvalue weighted by Gasteiger charge is -2.29. The quantitative estimate of drug-likeness (QED) is 0.900. The second-order valence-corrected chi connectivity index (χ2v) is 7.49. The van der Waals surface area contributed by atoms with Gasteiger partial charge >= 0.3 is 0 Å². The zero-order valence-corrected chi connectivity index (χ0v) is 14.9. The van der Waals surface area contributed by atoms with Gasteiger partial charge in [0.1, 0.15) is 5.00 Å². The number of thiophene rings is 1. The molecule has 0 radical (unpaired) electrons. The molecule has 2 aliphatic heterocycles. The fraction of sp³-hybridized carbons (Fsp3) is 0.316. The first-order valence-corrected chi connectivity index (χ1v) is 9.07. The third kappa shape index (κ3) is 2.16. The van der Waals surface area contributed by atoms with Crippen LogP contribution in [0.4, 0.5) is 10.7 Å². The Morgan fingerprint density at radius 3 is 3.00 bits per heavy atom. The summed E-state index contributed by atoms with van der Waals surface area (Å²) in [5.74, 6) is 0.118. The number of rotatable bonds is 2. The number of hydrogen-bond acceptors (Lipinski definition) is 6. The summed E-state index contributed by atoms with van der Waals surface area (Å²) < 4.78 is 0. The van der Waals surface area contributed by atoms with E-state index < -0.39 is 5.60 Å². The van der Waals surface area contributed by atoms with Gasteiger partial charge in [0.2, 0.25) is 5.78 Å². The zero-order chi connectivity index (χ0) is 17.8. The van der Waals surface area contributed by atoms with Crippen LogP contribution in [0.1, 0.15) is 39.7 Å². The first-order valence-electron chi connectivity index (χ1n) is 8.26. The molecule has 0 unspecified atom stereocenters. The molecule has 1 atom stereocenters. The zero-order valence-electron chi connectivity index (χ0n) is 14.0. The van der Waals surface area contributed by atoms with Gasteiger partial charge in [0.05, 0.1) is 17.2 Å². The minimum atomic E-state index is -1.58. The molecule has 25 heavy (non-hydrogen) atoms. The number of nitrogens with zero attached hydrogens (tertiary/aromatic N) is 3. The van der Waals surface area contributed by atoms with E-state index in [0.29, 0.717) is 34.9 Å². The largest absolute Gasteiger partial charge is 0.374 e. The van der Waals surface area contributed by atoms with Crippen LogP contribution >= 0.6 is 11.3 Å². The first kappa shape index (κ1) is 16.0. The van der Waals surface area contributed by atoms with Gasteiger partial charge in [0.15, 0.2) is 11.4 Å². The summed E-state index contributed by atoms with van der Waals surface area (Å²) in [5, 5.41) is 21.0. The van der Waals surface area contributed by atoms with Crippen molar-refractivity contribution in [1.29, 1.82) is 5.26 Å². The Morgan fingerprint density at radius 1 is 1.48 bits per heavy atom. The number of anilines is 1. The van der Waals surface area contributed by atoms with Crippen LogP contribution in [0, 0.1) is 18.3 Å². The van der Waals surface area contributed by atoms with E-state index in [-0.39, 0.29) is 5.78 Å². The second-order valence-electron chi connectivity index (χ2n) is 6.37. The maximum Gasteiger partial charge on any atom is 0.205 e. The summed E-state index contributed by atoms with van der Waals surface area (Å²) in [6, 6.07) is 9.51. The van der Waals surface area contributed by atoms with Gasteiger partial charge in [-0.1, -0.05) is 13.0 Å². The number of aliphatic hydroxyl groups is 1. The van der Waals surface area contributed by atoms with Crippen LogP contribution in [-0.4, -0.2) is 28.9 Å². The van der Waals surface area contributed by atoms with Crippen LogP contribution in [0.15, 0.2) is 29.3 Å². The summed E-state index contributed by atoms with van der Waals surface area (Å²) in [6.07, 6.45) is 1.14. The van der Waals surface area contributed by atoms with E-state index in [4.69, 9.17) is 0 Å². The third-order valence-corrected chi connectivity index (χ3v) is 6.15. The van der Waals surface area contributed by atoms with Crippen molar-refractivity contribution in [2.45, 2.75) is 32.3 Å². The molecule has 4 rings (SSSR count). The Balaban J connectivity index is 1.87. The molecule has 6 heteroatoms. The molecular formula is C19H17N3O2S. The SMILES string of the molecule is CCc1cc2c(s1)N=C1N(c3cccc(C#N)c3C)CC[C@@]1(O)C2=O. The summed E-state index contributed by atoms with van der Waals surface area (Å²) in [4.78, 5) is 20.6. The molecule has 3 heterocycles. The van der Waals surface area contributed by atoms with E-state index in [0.717, 1.165) is 22.5 Å². The van der Waals surface area contributed by atoms with Gasteiger partial charge in [0, 0.05) is 23.5 Å². The highest BCUT2D eigenvalue weighted by atomic mass is 32.1. The summed E-state index contributed by atoms with van der Waals surface area (Å²) >= 11 is 1.50. The van der Waals surface area contributed by atoms with Crippen molar-refractivity contribution in [3.63, 3.8) is 0 Å². The fourth-order valence-corrected chi connectivity index (χ4v) is 4.49. The van der Waals surface area contributed by atoms with E-state index >= 15 is 0 Å². The molecular weight excluding hydrogens is 334 g/mol. The topological polar surface area (TPSA) is 76.7 Å². The summed E-state index contributed by atoms with van der Waals surface area (Å²) in [6.45, 7) is 4.40. The van der Waals surface area contributed by atoms with Gasteiger partial charge < -0.3 is 10.0 Å². The number of amidine groups is 1. The van der Waals surface area contributed by atoms with Crippen molar-refractivity contribution in [1.82, 2.24) is 0 Å². The molecule has 0 amide bonds. The summed E-state index contributed by atoms with van der Waals surface area (Å²) in [7, 11) is 0. The molecule has 1 fully saturated rings.